The van der Waals surface area contributed by atoms with E-state index in [1.807, 2.05) is 18.2 Å². The number of benzene rings is 1. The minimum absolute atomic E-state index is 0.119. The molecule has 1 aromatic carbocycles. The van der Waals surface area contributed by atoms with E-state index in [4.69, 9.17) is 0 Å². The third-order valence-electron chi connectivity index (χ3n) is 3.50. The van der Waals surface area contributed by atoms with Crippen LogP contribution >= 0.6 is 11.8 Å². The molecule has 3 aromatic rings. The first-order valence-corrected chi connectivity index (χ1v) is 8.72. The number of tetrazole rings is 1. The highest BCUT2D eigenvalue weighted by Gasteiger charge is 2.08. The molecule has 130 valence electrons. The molecule has 0 spiro atoms. The summed E-state index contributed by atoms with van der Waals surface area (Å²) in [6.45, 7) is 0.498. The summed E-state index contributed by atoms with van der Waals surface area (Å²) < 4.78 is 1.57. The number of nitrogens with one attached hydrogen (secondary N) is 2. The molecule has 10 heteroatoms. The van der Waals surface area contributed by atoms with Crippen molar-refractivity contribution in [3.8, 4) is 0 Å². The van der Waals surface area contributed by atoms with E-state index < -0.39 is 0 Å². The SMILES string of the molecule is Cn1nnnc1SCCNC(=O)CCc1nc2ccccc2[nH]c1=O. The molecule has 2 N–H and O–H groups in total. The Morgan fingerprint density at radius 2 is 2.20 bits per heavy atom. The summed E-state index contributed by atoms with van der Waals surface area (Å²) >= 11 is 1.46. The van der Waals surface area contributed by atoms with E-state index in [0.29, 0.717) is 40.6 Å². The number of aromatic nitrogens is 6. The Kier molecular flexibility index (Phi) is 5.39. The second kappa shape index (κ2) is 7.88. The van der Waals surface area contributed by atoms with Gasteiger partial charge in [0.2, 0.25) is 11.1 Å². The van der Waals surface area contributed by atoms with Crippen molar-refractivity contribution in [3.63, 3.8) is 0 Å². The Balaban J connectivity index is 1.46. The lowest BCUT2D eigenvalue weighted by atomic mass is 10.2. The Morgan fingerprint density at radius 3 is 3.00 bits per heavy atom. The van der Waals surface area contributed by atoms with Gasteiger partial charge in [0.05, 0.1) is 11.0 Å². The topological polar surface area (TPSA) is 118 Å². The molecule has 0 radical (unpaired) electrons. The fourth-order valence-electron chi connectivity index (χ4n) is 2.23. The molecule has 1 amide bonds. The molecule has 9 nitrogen and oxygen atoms in total. The van der Waals surface area contributed by atoms with Crippen LogP contribution in [0.1, 0.15) is 12.1 Å². The minimum Gasteiger partial charge on any atom is -0.355 e. The number of carbonyl (C=O) groups is 1. The second-order valence-corrected chi connectivity index (χ2v) is 6.38. The van der Waals surface area contributed by atoms with E-state index in [-0.39, 0.29) is 17.9 Å². The number of carbonyl (C=O) groups excluding carboxylic acids is 1. The van der Waals surface area contributed by atoms with Gasteiger partial charge in [0.1, 0.15) is 5.69 Å². The molecule has 0 aliphatic rings. The Hall–Kier alpha value is -2.75. The standard InChI is InChI=1S/C15H17N7O2S/c1-22-15(19-20-21-22)25-9-8-16-13(23)7-6-12-14(24)18-11-5-3-2-4-10(11)17-12/h2-5H,6-9H2,1H3,(H,16,23)(H,18,24). The zero-order valence-electron chi connectivity index (χ0n) is 13.6. The minimum atomic E-state index is -0.253. The monoisotopic (exact) mass is 359 g/mol. The van der Waals surface area contributed by atoms with Crippen LogP contribution in [0.5, 0.6) is 0 Å². The van der Waals surface area contributed by atoms with Crippen LogP contribution in [-0.4, -0.2) is 48.4 Å². The molecule has 2 heterocycles. The van der Waals surface area contributed by atoms with Crippen LogP contribution in [0.15, 0.2) is 34.2 Å². The Morgan fingerprint density at radius 1 is 1.36 bits per heavy atom. The van der Waals surface area contributed by atoms with Crippen LogP contribution < -0.4 is 10.9 Å². The van der Waals surface area contributed by atoms with Crippen LogP contribution in [0.4, 0.5) is 0 Å². The van der Waals surface area contributed by atoms with Crippen LogP contribution in [0, 0.1) is 0 Å². The maximum Gasteiger partial charge on any atom is 0.270 e. The zero-order chi connectivity index (χ0) is 17.6. The van der Waals surface area contributed by atoms with Gasteiger partial charge >= 0.3 is 0 Å². The van der Waals surface area contributed by atoms with Crippen LogP contribution in [0.2, 0.25) is 0 Å². The number of hydrogen-bond acceptors (Lipinski definition) is 7. The number of thioether (sulfide) groups is 1. The van der Waals surface area contributed by atoms with Gasteiger partial charge in [-0.25, -0.2) is 9.67 Å². The van der Waals surface area contributed by atoms with E-state index >= 15 is 0 Å². The van der Waals surface area contributed by atoms with Gasteiger partial charge in [-0.05, 0) is 22.6 Å². The van der Waals surface area contributed by atoms with Crippen LogP contribution in [0.25, 0.3) is 11.0 Å². The van der Waals surface area contributed by atoms with E-state index in [0.717, 1.165) is 0 Å². The fourth-order valence-corrected chi connectivity index (χ4v) is 2.94. The van der Waals surface area contributed by atoms with E-state index in [1.165, 1.54) is 11.8 Å². The number of aryl methyl sites for hydroxylation is 2. The zero-order valence-corrected chi connectivity index (χ0v) is 14.4. The third kappa shape index (κ3) is 4.41. The third-order valence-corrected chi connectivity index (χ3v) is 4.51. The number of fused-ring (bicyclic) bond motifs is 1. The first kappa shape index (κ1) is 17.1. The van der Waals surface area contributed by atoms with E-state index in [9.17, 15) is 9.59 Å². The average Bonchev–Trinajstić information content (AvgIpc) is 3.02. The van der Waals surface area contributed by atoms with Crippen LogP contribution in [0.3, 0.4) is 0 Å². The number of amides is 1. The molecule has 0 aliphatic heterocycles. The average molecular weight is 359 g/mol. The maximum atomic E-state index is 12.0. The van der Waals surface area contributed by atoms with Crippen molar-refractivity contribution >= 4 is 28.7 Å². The molecule has 0 saturated carbocycles. The summed E-state index contributed by atoms with van der Waals surface area (Å²) in [6, 6.07) is 7.31. The molecular formula is C15H17N7O2S. The van der Waals surface area contributed by atoms with Gasteiger partial charge in [0, 0.05) is 32.2 Å². The van der Waals surface area contributed by atoms with E-state index in [2.05, 4.69) is 30.8 Å². The van der Waals surface area contributed by atoms with Crippen molar-refractivity contribution < 1.29 is 4.79 Å². The van der Waals surface area contributed by atoms with Gasteiger partial charge in [-0.2, -0.15) is 0 Å². The quantitative estimate of drug-likeness (QED) is 0.460. The number of nitrogens with zero attached hydrogens (tertiary/aromatic N) is 5. The summed E-state index contributed by atoms with van der Waals surface area (Å²) in [4.78, 5) is 31.0. The summed E-state index contributed by atoms with van der Waals surface area (Å²) in [5.74, 6) is 0.542. The molecule has 0 saturated heterocycles. The van der Waals surface area contributed by atoms with Gasteiger partial charge in [-0.15, -0.1) is 5.10 Å². The summed E-state index contributed by atoms with van der Waals surface area (Å²) in [6.07, 6.45) is 0.511. The van der Waals surface area contributed by atoms with Crippen molar-refractivity contribution in [1.29, 1.82) is 0 Å². The Labute approximate surface area is 147 Å². The molecule has 3 rings (SSSR count). The molecular weight excluding hydrogens is 342 g/mol. The summed E-state index contributed by atoms with van der Waals surface area (Å²) in [5, 5.41) is 14.6. The largest absolute Gasteiger partial charge is 0.355 e. The maximum absolute atomic E-state index is 12.0. The van der Waals surface area contributed by atoms with Gasteiger partial charge in [0.25, 0.3) is 5.56 Å². The van der Waals surface area contributed by atoms with Gasteiger partial charge < -0.3 is 10.3 Å². The highest BCUT2D eigenvalue weighted by molar-refractivity contribution is 7.99. The van der Waals surface area contributed by atoms with Crippen molar-refractivity contribution in [2.24, 2.45) is 7.05 Å². The van der Waals surface area contributed by atoms with Gasteiger partial charge in [-0.1, -0.05) is 23.9 Å². The van der Waals surface area contributed by atoms with Crippen molar-refractivity contribution in [2.45, 2.75) is 18.0 Å². The number of H-pyrrole nitrogens is 1. The second-order valence-electron chi connectivity index (χ2n) is 5.31. The highest BCUT2D eigenvalue weighted by atomic mass is 32.2. The molecule has 0 atom stereocenters. The first-order valence-electron chi connectivity index (χ1n) is 7.73. The molecule has 0 aliphatic carbocycles. The van der Waals surface area contributed by atoms with Crippen molar-refractivity contribution in [1.82, 2.24) is 35.5 Å². The summed E-state index contributed by atoms with van der Waals surface area (Å²) in [5.41, 5.74) is 1.52. The first-order chi connectivity index (χ1) is 12.1. The molecule has 25 heavy (non-hydrogen) atoms. The number of hydrogen-bond donors (Lipinski definition) is 2. The molecule has 0 unspecified atom stereocenters. The lowest BCUT2D eigenvalue weighted by Gasteiger charge is -2.05. The lowest BCUT2D eigenvalue weighted by molar-refractivity contribution is -0.120. The number of aromatic amines is 1. The van der Waals surface area contributed by atoms with Crippen molar-refractivity contribution in [2.75, 3.05) is 12.3 Å². The molecule has 2 aromatic heterocycles. The molecule has 0 bridgehead atoms. The lowest BCUT2D eigenvalue weighted by Crippen LogP contribution is -2.27. The smallest absolute Gasteiger partial charge is 0.270 e. The highest BCUT2D eigenvalue weighted by Crippen LogP contribution is 2.10. The summed E-state index contributed by atoms with van der Waals surface area (Å²) in [7, 11) is 1.76. The molecule has 0 fully saturated rings. The van der Waals surface area contributed by atoms with Crippen LogP contribution in [-0.2, 0) is 18.3 Å². The van der Waals surface area contributed by atoms with Gasteiger partial charge in [-0.3, -0.25) is 9.59 Å². The predicted octanol–water partition coefficient (Wildman–Crippen LogP) is 0.288. The van der Waals surface area contributed by atoms with E-state index in [1.54, 1.807) is 17.8 Å². The predicted molar refractivity (Wildman–Crippen MR) is 93.2 cm³/mol. The number of para-hydroxylation sites is 2. The van der Waals surface area contributed by atoms with Gasteiger partial charge in [0.15, 0.2) is 0 Å². The number of rotatable bonds is 7. The normalized spacial score (nSPS) is 10.9. The Bertz CT molecular complexity index is 937. The van der Waals surface area contributed by atoms with Crippen molar-refractivity contribution in [3.05, 3.63) is 40.3 Å². The fraction of sp³-hybridized carbons (Fsp3) is 0.333.